The normalized spacial score (nSPS) is 17.7. The lowest BCUT2D eigenvalue weighted by atomic mass is 10.1. The highest BCUT2D eigenvalue weighted by Crippen LogP contribution is 2.27. The van der Waals surface area contributed by atoms with Gasteiger partial charge in [0.1, 0.15) is 9.88 Å². The highest BCUT2D eigenvalue weighted by molar-refractivity contribution is 7.17. The van der Waals surface area contributed by atoms with E-state index in [0.717, 1.165) is 42.3 Å². The molecule has 0 unspecified atom stereocenters. The molecule has 0 saturated carbocycles. The molecule has 4 heterocycles. The first-order valence-electron chi connectivity index (χ1n) is 9.85. The minimum atomic E-state index is 0.00209. The summed E-state index contributed by atoms with van der Waals surface area (Å²) in [5.41, 5.74) is 1.52. The van der Waals surface area contributed by atoms with E-state index in [-0.39, 0.29) is 11.9 Å². The van der Waals surface area contributed by atoms with Gasteiger partial charge in [0, 0.05) is 45.5 Å². The number of carbonyl (C=O) groups excluding carboxylic acids is 2. The maximum absolute atomic E-state index is 13.0. The first-order chi connectivity index (χ1) is 13.6. The number of pyridine rings is 1. The van der Waals surface area contributed by atoms with E-state index in [0.29, 0.717) is 31.1 Å². The molecule has 0 atom stereocenters. The third-order valence-electron chi connectivity index (χ3n) is 5.34. The molecule has 0 aromatic carbocycles. The Kier molecular flexibility index (Phi) is 5.57. The molecule has 2 aliphatic rings. The van der Waals surface area contributed by atoms with Crippen LogP contribution in [0.4, 0.5) is 4.79 Å². The number of piperidine rings is 1. The maximum Gasteiger partial charge on any atom is 0.320 e. The molecule has 3 amide bonds. The summed E-state index contributed by atoms with van der Waals surface area (Å²) in [6.07, 6.45) is 5.12. The summed E-state index contributed by atoms with van der Waals surface area (Å²) < 4.78 is 0. The predicted molar refractivity (Wildman–Crippen MR) is 108 cm³/mol. The molecule has 4 rings (SSSR count). The molecule has 28 heavy (non-hydrogen) atoms. The number of piperazine rings is 1. The topological polar surface area (TPSA) is 69.6 Å². The molecule has 2 aromatic rings. The Morgan fingerprint density at radius 1 is 0.929 bits per heavy atom. The lowest BCUT2D eigenvalue weighted by Crippen LogP contribution is -2.54. The fraction of sp³-hybridized carbons (Fsp3) is 0.500. The van der Waals surface area contributed by atoms with E-state index in [1.165, 1.54) is 17.8 Å². The number of carbonyl (C=O) groups is 2. The van der Waals surface area contributed by atoms with Gasteiger partial charge in [-0.3, -0.25) is 9.78 Å². The van der Waals surface area contributed by atoms with Crippen LogP contribution >= 0.6 is 11.3 Å². The average Bonchev–Trinajstić information content (AvgIpc) is 3.16. The highest BCUT2D eigenvalue weighted by Gasteiger charge is 2.29. The fourth-order valence-electron chi connectivity index (χ4n) is 3.72. The standard InChI is InChI=1S/C20H25N5O2S/c1-15-17(28-18(22-15)16-7-3-4-8-21-16)19(26)23-11-13-25(14-12-23)20(27)24-9-5-2-6-10-24/h3-4,7-8H,2,5-6,9-14H2,1H3. The van der Waals surface area contributed by atoms with Crippen LogP contribution in [0, 0.1) is 6.92 Å². The number of thiazole rings is 1. The van der Waals surface area contributed by atoms with Gasteiger partial charge in [0.15, 0.2) is 0 Å². The summed E-state index contributed by atoms with van der Waals surface area (Å²) in [6.45, 7) is 5.89. The van der Waals surface area contributed by atoms with Crippen LogP contribution in [0.25, 0.3) is 10.7 Å². The van der Waals surface area contributed by atoms with Crippen molar-refractivity contribution in [2.45, 2.75) is 26.2 Å². The van der Waals surface area contributed by atoms with Crippen LogP contribution in [-0.2, 0) is 0 Å². The lowest BCUT2D eigenvalue weighted by Gasteiger charge is -2.38. The van der Waals surface area contributed by atoms with Gasteiger partial charge in [-0.2, -0.15) is 0 Å². The Bertz CT molecular complexity index is 840. The summed E-state index contributed by atoms with van der Waals surface area (Å²) in [5, 5.41) is 0.764. The van der Waals surface area contributed by atoms with Crippen LogP contribution in [-0.4, -0.2) is 75.9 Å². The third kappa shape index (κ3) is 3.87. The van der Waals surface area contributed by atoms with E-state index in [9.17, 15) is 9.59 Å². The first kappa shape index (κ1) is 18.9. The van der Waals surface area contributed by atoms with E-state index >= 15 is 0 Å². The molecule has 2 saturated heterocycles. The van der Waals surface area contributed by atoms with Crippen molar-refractivity contribution in [3.05, 3.63) is 35.0 Å². The van der Waals surface area contributed by atoms with E-state index in [1.807, 2.05) is 39.8 Å². The number of amides is 3. The summed E-state index contributed by atoms with van der Waals surface area (Å²) in [6, 6.07) is 5.80. The zero-order valence-electron chi connectivity index (χ0n) is 16.1. The lowest BCUT2D eigenvalue weighted by molar-refractivity contribution is 0.0636. The fourth-order valence-corrected chi connectivity index (χ4v) is 4.73. The van der Waals surface area contributed by atoms with Crippen LogP contribution < -0.4 is 0 Å². The van der Waals surface area contributed by atoms with Gasteiger partial charge >= 0.3 is 6.03 Å². The van der Waals surface area contributed by atoms with Crippen LogP contribution in [0.1, 0.15) is 34.6 Å². The Labute approximate surface area is 169 Å². The van der Waals surface area contributed by atoms with Gasteiger partial charge in [-0.15, -0.1) is 11.3 Å². The second-order valence-electron chi connectivity index (χ2n) is 7.26. The molecule has 0 N–H and O–H groups in total. The number of hydrogen-bond acceptors (Lipinski definition) is 5. The van der Waals surface area contributed by atoms with E-state index in [4.69, 9.17) is 0 Å². The zero-order chi connectivity index (χ0) is 19.5. The Morgan fingerprint density at radius 2 is 1.61 bits per heavy atom. The Hall–Kier alpha value is -2.48. The van der Waals surface area contributed by atoms with Crippen molar-refractivity contribution in [2.24, 2.45) is 0 Å². The van der Waals surface area contributed by atoms with Crippen molar-refractivity contribution in [3.8, 4) is 10.7 Å². The van der Waals surface area contributed by atoms with Gasteiger partial charge in [0.2, 0.25) is 0 Å². The highest BCUT2D eigenvalue weighted by atomic mass is 32.1. The van der Waals surface area contributed by atoms with Crippen LogP contribution in [0.15, 0.2) is 24.4 Å². The van der Waals surface area contributed by atoms with Crippen molar-refractivity contribution < 1.29 is 9.59 Å². The van der Waals surface area contributed by atoms with E-state index in [2.05, 4.69) is 9.97 Å². The Balaban J connectivity index is 1.39. The number of aromatic nitrogens is 2. The molecule has 148 valence electrons. The van der Waals surface area contributed by atoms with Crippen molar-refractivity contribution >= 4 is 23.3 Å². The number of urea groups is 1. The summed E-state index contributed by atoms with van der Waals surface area (Å²) in [4.78, 5) is 40.8. The van der Waals surface area contributed by atoms with Crippen molar-refractivity contribution in [3.63, 3.8) is 0 Å². The molecule has 2 fully saturated rings. The van der Waals surface area contributed by atoms with Gasteiger partial charge in [-0.1, -0.05) is 6.07 Å². The summed E-state index contributed by atoms with van der Waals surface area (Å²) >= 11 is 1.39. The van der Waals surface area contributed by atoms with Crippen molar-refractivity contribution in [1.29, 1.82) is 0 Å². The predicted octanol–water partition coefficient (Wildman–Crippen LogP) is 2.88. The monoisotopic (exact) mass is 399 g/mol. The van der Waals surface area contributed by atoms with Crippen LogP contribution in [0.2, 0.25) is 0 Å². The third-order valence-corrected chi connectivity index (χ3v) is 6.51. The Morgan fingerprint density at radius 3 is 2.29 bits per heavy atom. The first-order valence-corrected chi connectivity index (χ1v) is 10.7. The molecule has 0 bridgehead atoms. The molecule has 2 aliphatic heterocycles. The molecule has 0 spiro atoms. The molecular formula is C20H25N5O2S. The molecule has 2 aromatic heterocycles. The van der Waals surface area contributed by atoms with Gasteiger partial charge in [0.25, 0.3) is 5.91 Å². The SMILES string of the molecule is Cc1nc(-c2ccccn2)sc1C(=O)N1CCN(C(=O)N2CCCCC2)CC1. The van der Waals surface area contributed by atoms with Gasteiger partial charge in [-0.25, -0.2) is 9.78 Å². The van der Waals surface area contributed by atoms with Gasteiger partial charge in [-0.05, 0) is 38.3 Å². The van der Waals surface area contributed by atoms with E-state index in [1.54, 1.807) is 6.20 Å². The smallest absolute Gasteiger partial charge is 0.320 e. The van der Waals surface area contributed by atoms with Crippen LogP contribution in [0.3, 0.4) is 0 Å². The largest absolute Gasteiger partial charge is 0.334 e. The second kappa shape index (κ2) is 8.26. The zero-order valence-corrected chi connectivity index (χ0v) is 17.0. The average molecular weight is 400 g/mol. The van der Waals surface area contributed by atoms with Crippen LogP contribution in [0.5, 0.6) is 0 Å². The number of hydrogen-bond donors (Lipinski definition) is 0. The molecule has 7 nitrogen and oxygen atoms in total. The minimum Gasteiger partial charge on any atom is -0.334 e. The van der Waals surface area contributed by atoms with Gasteiger partial charge < -0.3 is 14.7 Å². The number of nitrogens with zero attached hydrogens (tertiary/aromatic N) is 5. The molecule has 8 heteroatoms. The van der Waals surface area contributed by atoms with Gasteiger partial charge in [0.05, 0.1) is 11.4 Å². The number of likely N-dealkylation sites (tertiary alicyclic amines) is 1. The maximum atomic E-state index is 13.0. The number of rotatable bonds is 2. The molecule has 0 radical (unpaired) electrons. The summed E-state index contributed by atoms with van der Waals surface area (Å²) in [7, 11) is 0. The molecule has 0 aliphatic carbocycles. The van der Waals surface area contributed by atoms with Crippen molar-refractivity contribution in [1.82, 2.24) is 24.7 Å². The second-order valence-corrected chi connectivity index (χ2v) is 8.26. The van der Waals surface area contributed by atoms with Crippen molar-refractivity contribution in [2.75, 3.05) is 39.3 Å². The van der Waals surface area contributed by atoms with E-state index < -0.39 is 0 Å². The minimum absolute atomic E-state index is 0.00209. The molecular weight excluding hydrogens is 374 g/mol. The quantitative estimate of drug-likeness (QED) is 0.779. The summed E-state index contributed by atoms with van der Waals surface area (Å²) in [5.74, 6) is 0.00209. The number of aryl methyl sites for hydroxylation is 1.